The Morgan fingerprint density at radius 2 is 1.95 bits per heavy atom. The number of halogens is 1. The maximum absolute atomic E-state index is 13.0. The molecule has 22 heavy (non-hydrogen) atoms. The number of hydrogen-bond acceptors (Lipinski definition) is 3. The van der Waals surface area contributed by atoms with Gasteiger partial charge in [0.05, 0.1) is 17.4 Å². The Labute approximate surface area is 130 Å². The van der Waals surface area contributed by atoms with Crippen LogP contribution in [0.2, 0.25) is 0 Å². The van der Waals surface area contributed by atoms with Crippen LogP contribution in [0, 0.1) is 11.7 Å². The van der Waals surface area contributed by atoms with Gasteiger partial charge in [-0.2, -0.15) is 0 Å². The Hall–Kier alpha value is -1.43. The van der Waals surface area contributed by atoms with Crippen molar-refractivity contribution in [2.24, 2.45) is 5.92 Å². The highest BCUT2D eigenvalue weighted by atomic mass is 32.2. The molecule has 0 saturated carbocycles. The van der Waals surface area contributed by atoms with Crippen LogP contribution in [0.1, 0.15) is 24.8 Å². The number of sulfone groups is 1. The summed E-state index contributed by atoms with van der Waals surface area (Å²) >= 11 is 0. The molecule has 1 aromatic rings. The van der Waals surface area contributed by atoms with E-state index in [1.54, 1.807) is 12.1 Å². The zero-order chi connectivity index (χ0) is 15.7. The standard InChI is InChI=1S/C16H20FNO3S/c17-14-5-3-12(4-6-14)10-15-2-1-8-18(15)16(19)13-7-9-22(20,21)11-13/h3-6,13,15H,1-2,7-11H2/t13-,15+/m0/s1. The van der Waals surface area contributed by atoms with Gasteiger partial charge >= 0.3 is 0 Å². The van der Waals surface area contributed by atoms with Crippen LogP contribution in [0.3, 0.4) is 0 Å². The van der Waals surface area contributed by atoms with Crippen LogP contribution in [0.15, 0.2) is 24.3 Å². The minimum atomic E-state index is -3.04. The van der Waals surface area contributed by atoms with Gasteiger partial charge in [-0.1, -0.05) is 12.1 Å². The Balaban J connectivity index is 1.68. The number of benzene rings is 1. The summed E-state index contributed by atoms with van der Waals surface area (Å²) in [5.41, 5.74) is 1.00. The molecule has 1 aromatic carbocycles. The number of carbonyl (C=O) groups is 1. The van der Waals surface area contributed by atoms with Crippen LogP contribution >= 0.6 is 0 Å². The van der Waals surface area contributed by atoms with Crippen LogP contribution in [0.5, 0.6) is 0 Å². The van der Waals surface area contributed by atoms with Crippen LogP contribution in [-0.4, -0.2) is 43.3 Å². The van der Waals surface area contributed by atoms with Gasteiger partial charge in [0, 0.05) is 12.6 Å². The molecular formula is C16H20FNO3S. The monoisotopic (exact) mass is 325 g/mol. The average molecular weight is 325 g/mol. The van der Waals surface area contributed by atoms with E-state index < -0.39 is 9.84 Å². The molecule has 120 valence electrons. The molecule has 0 unspecified atom stereocenters. The van der Waals surface area contributed by atoms with E-state index >= 15 is 0 Å². The predicted molar refractivity (Wildman–Crippen MR) is 81.6 cm³/mol. The van der Waals surface area contributed by atoms with E-state index in [-0.39, 0.29) is 35.2 Å². The largest absolute Gasteiger partial charge is 0.339 e. The van der Waals surface area contributed by atoms with E-state index in [0.717, 1.165) is 18.4 Å². The van der Waals surface area contributed by atoms with Crippen molar-refractivity contribution >= 4 is 15.7 Å². The third-order valence-corrected chi connectivity index (χ3v) is 6.39. The molecular weight excluding hydrogens is 305 g/mol. The molecule has 3 rings (SSSR count). The van der Waals surface area contributed by atoms with E-state index in [1.165, 1.54) is 12.1 Å². The molecule has 2 saturated heterocycles. The fourth-order valence-electron chi connectivity index (χ4n) is 3.45. The molecule has 2 atom stereocenters. The number of nitrogens with zero attached hydrogens (tertiary/aromatic N) is 1. The topological polar surface area (TPSA) is 54.5 Å². The highest BCUT2D eigenvalue weighted by Gasteiger charge is 2.38. The second-order valence-corrected chi connectivity index (χ2v) is 8.49. The second kappa shape index (κ2) is 5.99. The third kappa shape index (κ3) is 3.32. The maximum Gasteiger partial charge on any atom is 0.226 e. The summed E-state index contributed by atoms with van der Waals surface area (Å²) in [7, 11) is -3.04. The molecule has 1 amide bonds. The first kappa shape index (κ1) is 15.5. The molecule has 2 aliphatic rings. The SMILES string of the molecule is O=C([C@H]1CCS(=O)(=O)C1)N1CCC[C@@H]1Cc1ccc(F)cc1. The van der Waals surface area contributed by atoms with E-state index in [1.807, 2.05) is 4.90 Å². The molecule has 4 nitrogen and oxygen atoms in total. The molecule has 0 aromatic heterocycles. The van der Waals surface area contributed by atoms with Crippen molar-refractivity contribution in [3.63, 3.8) is 0 Å². The van der Waals surface area contributed by atoms with E-state index in [0.29, 0.717) is 19.4 Å². The summed E-state index contributed by atoms with van der Waals surface area (Å²) in [5.74, 6) is -0.547. The van der Waals surface area contributed by atoms with Crippen molar-refractivity contribution in [2.45, 2.75) is 31.7 Å². The Bertz CT molecular complexity index is 656. The van der Waals surface area contributed by atoms with Gasteiger partial charge in [-0.3, -0.25) is 4.79 Å². The molecule has 2 fully saturated rings. The number of rotatable bonds is 3. The lowest BCUT2D eigenvalue weighted by Crippen LogP contribution is -2.41. The molecule has 0 N–H and O–H groups in total. The van der Waals surface area contributed by atoms with Crippen molar-refractivity contribution in [3.8, 4) is 0 Å². The molecule has 0 bridgehead atoms. The molecule has 2 aliphatic heterocycles. The van der Waals surface area contributed by atoms with Gasteiger partial charge in [-0.15, -0.1) is 0 Å². The lowest BCUT2D eigenvalue weighted by atomic mass is 10.0. The van der Waals surface area contributed by atoms with Crippen molar-refractivity contribution in [1.82, 2.24) is 4.90 Å². The van der Waals surface area contributed by atoms with Crippen LogP contribution in [0.4, 0.5) is 4.39 Å². The van der Waals surface area contributed by atoms with Gasteiger partial charge in [0.2, 0.25) is 5.91 Å². The molecule has 0 spiro atoms. The van der Waals surface area contributed by atoms with E-state index in [4.69, 9.17) is 0 Å². The maximum atomic E-state index is 13.0. The van der Waals surface area contributed by atoms with E-state index in [2.05, 4.69) is 0 Å². The summed E-state index contributed by atoms with van der Waals surface area (Å²) < 4.78 is 36.1. The van der Waals surface area contributed by atoms with Gasteiger partial charge in [0.25, 0.3) is 0 Å². The van der Waals surface area contributed by atoms with Gasteiger partial charge in [0.1, 0.15) is 5.82 Å². The highest BCUT2D eigenvalue weighted by molar-refractivity contribution is 7.91. The number of hydrogen-bond donors (Lipinski definition) is 0. The molecule has 2 heterocycles. The number of amides is 1. The average Bonchev–Trinajstić information content (AvgIpc) is 3.07. The lowest BCUT2D eigenvalue weighted by molar-refractivity contribution is -0.135. The van der Waals surface area contributed by atoms with Crippen LogP contribution in [-0.2, 0) is 21.1 Å². The zero-order valence-corrected chi connectivity index (χ0v) is 13.2. The second-order valence-electron chi connectivity index (χ2n) is 6.26. The Morgan fingerprint density at radius 3 is 2.59 bits per heavy atom. The molecule has 6 heteroatoms. The smallest absolute Gasteiger partial charge is 0.226 e. The van der Waals surface area contributed by atoms with Gasteiger partial charge in [-0.25, -0.2) is 12.8 Å². The first-order valence-corrected chi connectivity index (χ1v) is 9.52. The minimum Gasteiger partial charge on any atom is -0.339 e. The van der Waals surface area contributed by atoms with Crippen molar-refractivity contribution in [2.75, 3.05) is 18.1 Å². The molecule has 0 aliphatic carbocycles. The summed E-state index contributed by atoms with van der Waals surface area (Å²) in [4.78, 5) is 14.4. The summed E-state index contributed by atoms with van der Waals surface area (Å²) in [6, 6.07) is 6.45. The lowest BCUT2D eigenvalue weighted by Gasteiger charge is -2.27. The summed E-state index contributed by atoms with van der Waals surface area (Å²) in [5, 5.41) is 0. The van der Waals surface area contributed by atoms with Crippen molar-refractivity contribution in [3.05, 3.63) is 35.6 Å². The van der Waals surface area contributed by atoms with Crippen LogP contribution < -0.4 is 0 Å². The van der Waals surface area contributed by atoms with Gasteiger partial charge in [-0.05, 0) is 43.4 Å². The third-order valence-electron chi connectivity index (χ3n) is 4.63. The van der Waals surface area contributed by atoms with Crippen molar-refractivity contribution in [1.29, 1.82) is 0 Å². The number of likely N-dealkylation sites (tertiary alicyclic amines) is 1. The number of carbonyl (C=O) groups excluding carboxylic acids is 1. The highest BCUT2D eigenvalue weighted by Crippen LogP contribution is 2.27. The molecule has 0 radical (unpaired) electrons. The van der Waals surface area contributed by atoms with Crippen molar-refractivity contribution < 1.29 is 17.6 Å². The van der Waals surface area contributed by atoms with Gasteiger partial charge < -0.3 is 4.90 Å². The fourth-order valence-corrected chi connectivity index (χ4v) is 5.19. The van der Waals surface area contributed by atoms with Gasteiger partial charge in [0.15, 0.2) is 9.84 Å². The Kier molecular flexibility index (Phi) is 4.21. The Morgan fingerprint density at radius 1 is 1.23 bits per heavy atom. The first-order valence-electron chi connectivity index (χ1n) is 7.70. The summed E-state index contributed by atoms with van der Waals surface area (Å²) in [6.07, 6.45) is 3.01. The quantitative estimate of drug-likeness (QED) is 0.851. The fraction of sp³-hybridized carbons (Fsp3) is 0.562. The van der Waals surface area contributed by atoms with E-state index in [9.17, 15) is 17.6 Å². The minimum absolute atomic E-state index is 0.00833. The first-order chi connectivity index (χ1) is 10.4. The van der Waals surface area contributed by atoms with Crippen LogP contribution in [0.25, 0.3) is 0 Å². The normalized spacial score (nSPS) is 27.2. The predicted octanol–water partition coefficient (Wildman–Crippen LogP) is 1.79. The zero-order valence-electron chi connectivity index (χ0n) is 12.4. The summed E-state index contributed by atoms with van der Waals surface area (Å²) in [6.45, 7) is 0.696.